The van der Waals surface area contributed by atoms with Gasteiger partial charge in [-0.05, 0) is 52.7 Å². The molecule has 160 valence electrons. The molecule has 0 bridgehead atoms. The third-order valence-corrected chi connectivity index (χ3v) is 4.69. The Kier molecular flexibility index (Phi) is 7.51. The van der Waals surface area contributed by atoms with Crippen molar-refractivity contribution in [2.45, 2.75) is 58.2 Å². The monoisotopic (exact) mass is 407 g/mol. The number of amides is 2. The molecule has 0 atom stereocenters. The number of aliphatic carboxylic acids is 1. The van der Waals surface area contributed by atoms with Crippen LogP contribution in [0.25, 0.3) is 0 Å². The Bertz CT molecular complexity index is 722. The number of carbonyl (C=O) groups is 3. The van der Waals surface area contributed by atoms with E-state index in [1.165, 1.54) is 0 Å². The molecule has 1 heterocycles. The van der Waals surface area contributed by atoms with E-state index in [2.05, 4.69) is 0 Å². The number of hydrogen-bond donors (Lipinski definition) is 1. The molecule has 0 radical (unpaired) electrons. The molecule has 1 N–H and O–H groups in total. The predicted molar refractivity (Wildman–Crippen MR) is 104 cm³/mol. The first-order valence-corrected chi connectivity index (χ1v) is 9.63. The fourth-order valence-electron chi connectivity index (χ4n) is 2.86. The Labute approximate surface area is 170 Å². The van der Waals surface area contributed by atoms with Gasteiger partial charge in [0.2, 0.25) is 0 Å². The van der Waals surface area contributed by atoms with Gasteiger partial charge in [0.25, 0.3) is 11.8 Å². The number of carbonyl (C=O) groups excluding carboxylic acids is 2. The van der Waals surface area contributed by atoms with E-state index in [9.17, 15) is 14.4 Å². The number of ether oxygens (including phenoxy) is 2. The molecule has 1 aliphatic rings. The second-order valence-electron chi connectivity index (χ2n) is 8.14. The predicted octanol–water partition coefficient (Wildman–Crippen LogP) is 3.06. The lowest BCUT2D eigenvalue weighted by Crippen LogP contribution is -2.34. The number of fused-ring (bicyclic) bond motifs is 1. The van der Waals surface area contributed by atoms with E-state index in [4.69, 9.17) is 19.4 Å². The molecule has 1 aromatic rings. The van der Waals surface area contributed by atoms with E-state index in [1.54, 1.807) is 24.3 Å². The highest BCUT2D eigenvalue weighted by molar-refractivity contribution is 6.20. The van der Waals surface area contributed by atoms with Gasteiger partial charge in [-0.2, -0.15) is 0 Å². The summed E-state index contributed by atoms with van der Waals surface area (Å²) >= 11 is 0. The Morgan fingerprint density at radius 3 is 1.97 bits per heavy atom. The van der Waals surface area contributed by atoms with Gasteiger partial charge in [-0.25, -0.2) is 0 Å². The van der Waals surface area contributed by atoms with Gasteiger partial charge in [0.15, 0.2) is 0 Å². The van der Waals surface area contributed by atoms with Gasteiger partial charge in [0, 0.05) is 6.42 Å². The van der Waals surface area contributed by atoms with E-state index in [0.717, 1.165) is 5.06 Å². The highest BCUT2D eigenvalue weighted by atomic mass is 16.7. The van der Waals surface area contributed by atoms with Gasteiger partial charge in [0.05, 0.1) is 42.1 Å². The minimum absolute atomic E-state index is 0.0554. The zero-order valence-electron chi connectivity index (χ0n) is 17.4. The van der Waals surface area contributed by atoms with Crippen molar-refractivity contribution in [3.05, 3.63) is 35.4 Å². The van der Waals surface area contributed by atoms with Crippen LogP contribution in [0.2, 0.25) is 0 Å². The quantitative estimate of drug-likeness (QED) is 0.420. The van der Waals surface area contributed by atoms with Crippen molar-refractivity contribution in [1.82, 2.24) is 5.06 Å². The number of hydroxylamine groups is 2. The molecule has 0 spiro atoms. The van der Waals surface area contributed by atoms with Gasteiger partial charge < -0.3 is 14.6 Å². The summed E-state index contributed by atoms with van der Waals surface area (Å²) < 4.78 is 11.6. The lowest BCUT2D eigenvalue weighted by Gasteiger charge is -2.29. The molecule has 1 aliphatic heterocycles. The fourth-order valence-corrected chi connectivity index (χ4v) is 2.86. The van der Waals surface area contributed by atoms with Crippen LogP contribution in [0.1, 0.15) is 67.7 Å². The number of rotatable bonds is 12. The Balaban J connectivity index is 1.70. The zero-order valence-corrected chi connectivity index (χ0v) is 17.4. The van der Waals surface area contributed by atoms with Crippen LogP contribution in [0.15, 0.2) is 24.3 Å². The average molecular weight is 407 g/mol. The normalized spacial score (nSPS) is 14.4. The van der Waals surface area contributed by atoms with E-state index < -0.39 is 29.0 Å². The first-order chi connectivity index (χ1) is 13.5. The van der Waals surface area contributed by atoms with E-state index in [1.807, 2.05) is 27.7 Å². The van der Waals surface area contributed by atoms with Gasteiger partial charge in [-0.3, -0.25) is 19.2 Å². The topological polar surface area (TPSA) is 102 Å². The molecule has 0 aliphatic carbocycles. The number of carboxylic acids is 1. The van der Waals surface area contributed by atoms with Crippen molar-refractivity contribution in [3.63, 3.8) is 0 Å². The molecule has 1 aromatic carbocycles. The first-order valence-electron chi connectivity index (χ1n) is 9.63. The van der Waals surface area contributed by atoms with Crippen LogP contribution in [-0.2, 0) is 19.1 Å². The van der Waals surface area contributed by atoms with E-state index in [0.29, 0.717) is 30.6 Å². The molecule has 0 saturated heterocycles. The average Bonchev–Trinajstić information content (AvgIpc) is 2.88. The lowest BCUT2D eigenvalue weighted by molar-refractivity contribution is -0.140. The summed E-state index contributed by atoms with van der Waals surface area (Å²) in [6.07, 6.45) is 1.08. The summed E-state index contributed by atoms with van der Waals surface area (Å²) in [4.78, 5) is 40.5. The number of carboxylic acid groups (broad SMARTS) is 1. The van der Waals surface area contributed by atoms with Gasteiger partial charge in [-0.15, -0.1) is 5.06 Å². The highest BCUT2D eigenvalue weighted by Crippen LogP contribution is 2.23. The third kappa shape index (κ3) is 6.62. The van der Waals surface area contributed by atoms with Gasteiger partial charge in [-0.1, -0.05) is 12.1 Å². The maximum atomic E-state index is 12.2. The van der Waals surface area contributed by atoms with Crippen molar-refractivity contribution < 1.29 is 33.8 Å². The minimum atomic E-state index is -0.844. The summed E-state index contributed by atoms with van der Waals surface area (Å²) in [5.74, 6) is -1.79. The van der Waals surface area contributed by atoms with Crippen LogP contribution in [0.5, 0.6) is 0 Å². The molecular formula is C21H29NO7. The second kappa shape index (κ2) is 9.47. The molecule has 2 rings (SSSR count). The SMILES string of the molecule is CC(C)(CCOC(C)(C)CCC(=O)O)OCCON1C(=O)c2ccccc2C1=O. The maximum Gasteiger partial charge on any atom is 0.303 e. The Morgan fingerprint density at radius 1 is 0.897 bits per heavy atom. The Hall–Kier alpha value is -2.29. The van der Waals surface area contributed by atoms with Crippen LogP contribution in [-0.4, -0.2) is 59.0 Å². The summed E-state index contributed by atoms with van der Waals surface area (Å²) in [5.41, 5.74) is -0.361. The van der Waals surface area contributed by atoms with Crippen molar-refractivity contribution in [2.75, 3.05) is 19.8 Å². The maximum absolute atomic E-state index is 12.2. The van der Waals surface area contributed by atoms with Crippen molar-refractivity contribution in [2.24, 2.45) is 0 Å². The molecule has 8 nitrogen and oxygen atoms in total. The van der Waals surface area contributed by atoms with Gasteiger partial charge >= 0.3 is 5.97 Å². The second-order valence-corrected chi connectivity index (χ2v) is 8.14. The minimum Gasteiger partial charge on any atom is -0.481 e. The summed E-state index contributed by atoms with van der Waals surface area (Å²) in [5, 5.41) is 9.55. The zero-order chi connectivity index (χ0) is 21.7. The molecule has 29 heavy (non-hydrogen) atoms. The largest absolute Gasteiger partial charge is 0.481 e. The van der Waals surface area contributed by atoms with Crippen LogP contribution in [0.3, 0.4) is 0 Å². The lowest BCUT2D eigenvalue weighted by atomic mass is 10.0. The summed E-state index contributed by atoms with van der Waals surface area (Å²) in [7, 11) is 0. The number of imide groups is 1. The molecule has 0 fully saturated rings. The molecule has 0 aromatic heterocycles. The highest BCUT2D eigenvalue weighted by Gasteiger charge is 2.36. The third-order valence-electron chi connectivity index (χ3n) is 4.69. The molecule has 2 amide bonds. The smallest absolute Gasteiger partial charge is 0.303 e. The van der Waals surface area contributed by atoms with E-state index >= 15 is 0 Å². The van der Waals surface area contributed by atoms with Crippen LogP contribution < -0.4 is 0 Å². The van der Waals surface area contributed by atoms with Gasteiger partial charge in [0.1, 0.15) is 0 Å². The molecule has 0 unspecified atom stereocenters. The van der Waals surface area contributed by atoms with Crippen molar-refractivity contribution in [1.29, 1.82) is 0 Å². The summed E-state index contributed by atoms with van der Waals surface area (Å²) in [6, 6.07) is 6.58. The molecular weight excluding hydrogens is 378 g/mol. The van der Waals surface area contributed by atoms with Crippen LogP contribution >= 0.6 is 0 Å². The van der Waals surface area contributed by atoms with Crippen LogP contribution in [0.4, 0.5) is 0 Å². The first kappa shape index (κ1) is 23.0. The Morgan fingerprint density at radius 2 is 1.41 bits per heavy atom. The fraction of sp³-hybridized carbons (Fsp3) is 0.571. The summed E-state index contributed by atoms with van der Waals surface area (Å²) in [6.45, 7) is 8.20. The molecule has 8 heteroatoms. The molecule has 0 saturated carbocycles. The van der Waals surface area contributed by atoms with Crippen molar-refractivity contribution in [3.8, 4) is 0 Å². The van der Waals surface area contributed by atoms with E-state index in [-0.39, 0.29) is 19.6 Å². The number of hydrogen-bond acceptors (Lipinski definition) is 6. The van der Waals surface area contributed by atoms with Crippen molar-refractivity contribution >= 4 is 17.8 Å². The number of benzene rings is 1. The van der Waals surface area contributed by atoms with Crippen LogP contribution in [0, 0.1) is 0 Å². The number of nitrogens with zero attached hydrogens (tertiary/aromatic N) is 1. The standard InChI is InChI=1S/C21H29NO7/c1-20(2,10-9-17(23)24)27-12-11-21(3,4)28-13-14-29-22-18(25)15-7-5-6-8-16(15)19(22)26/h5-8H,9-14H2,1-4H3,(H,23,24).